The first-order chi connectivity index (χ1) is 12.3. The number of aromatic nitrogens is 1. The van der Waals surface area contributed by atoms with E-state index in [1.165, 1.54) is 0 Å². The van der Waals surface area contributed by atoms with Crippen LogP contribution in [-0.4, -0.2) is 57.8 Å². The number of hydrogen-bond donors (Lipinski definition) is 0. The molecule has 0 saturated carbocycles. The molecule has 0 bridgehead atoms. The summed E-state index contributed by atoms with van der Waals surface area (Å²) in [6, 6.07) is 1.43. The highest BCUT2D eigenvalue weighted by Crippen LogP contribution is 2.41. The Morgan fingerprint density at radius 2 is 1.92 bits per heavy atom. The van der Waals surface area contributed by atoms with E-state index in [-0.39, 0.29) is 10.4 Å². The maximum Gasteiger partial charge on any atom is 0.417 e. The number of pyridine rings is 1. The Bertz CT molecular complexity index is 714. The zero-order valence-electron chi connectivity index (χ0n) is 14.3. The van der Waals surface area contributed by atoms with E-state index in [9.17, 15) is 17.4 Å². The van der Waals surface area contributed by atoms with Gasteiger partial charge < -0.3 is 4.90 Å². The van der Waals surface area contributed by atoms with Gasteiger partial charge in [0.05, 0.1) is 10.6 Å². The van der Waals surface area contributed by atoms with Crippen LogP contribution >= 0.6 is 11.6 Å². The van der Waals surface area contributed by atoms with Crippen LogP contribution in [0.2, 0.25) is 5.02 Å². The molecule has 0 unspecified atom stereocenters. The van der Waals surface area contributed by atoms with Gasteiger partial charge in [-0.15, -0.1) is 0 Å². The monoisotopic (exact) mass is 407 g/mol. The predicted molar refractivity (Wildman–Crippen MR) is 96.0 cm³/mol. The summed E-state index contributed by atoms with van der Waals surface area (Å²) in [7, 11) is -0.621. The summed E-state index contributed by atoms with van der Waals surface area (Å²) in [6.45, 7) is 3.56. The Labute approximate surface area is 158 Å². The first kappa shape index (κ1) is 18.5. The van der Waals surface area contributed by atoms with Crippen LogP contribution in [-0.2, 0) is 17.0 Å². The minimum Gasteiger partial charge on any atom is -0.355 e. The van der Waals surface area contributed by atoms with E-state index in [1.807, 2.05) is 4.90 Å². The van der Waals surface area contributed by atoms with Gasteiger partial charge in [-0.1, -0.05) is 11.6 Å². The molecule has 0 atom stereocenters. The van der Waals surface area contributed by atoms with Gasteiger partial charge in [0, 0.05) is 59.6 Å². The molecule has 0 amide bonds. The van der Waals surface area contributed by atoms with E-state index in [4.69, 9.17) is 11.6 Å². The van der Waals surface area contributed by atoms with Crippen molar-refractivity contribution in [3.8, 4) is 0 Å². The number of hydrogen-bond acceptors (Lipinski definition) is 4. The molecule has 4 rings (SSSR count). The van der Waals surface area contributed by atoms with Gasteiger partial charge in [-0.05, 0) is 31.9 Å². The second-order valence-corrected chi connectivity index (χ2v) is 9.56. The molecule has 3 saturated heterocycles. The quantitative estimate of drug-likeness (QED) is 0.754. The SMILES string of the molecule is O=S1CC2(CCN(C3CCN(c4ncc(C(F)(F)F)cc4Cl)CC3)C2)C1. The van der Waals surface area contributed by atoms with Crippen molar-refractivity contribution in [2.24, 2.45) is 5.41 Å². The van der Waals surface area contributed by atoms with Crippen LogP contribution in [0.4, 0.5) is 19.0 Å². The van der Waals surface area contributed by atoms with Crippen molar-refractivity contribution in [1.82, 2.24) is 9.88 Å². The molecule has 0 aliphatic carbocycles. The molecule has 4 heterocycles. The fourth-order valence-corrected chi connectivity index (χ4v) is 6.46. The standard InChI is InChI=1S/C17H21ClF3N3OS/c18-14-7-12(17(19,20)21)8-22-15(14)23-4-1-13(2-5-23)24-6-3-16(9-24)10-26(25)11-16/h7-8,13H,1-6,9-11H2. The van der Waals surface area contributed by atoms with Gasteiger partial charge in [0.2, 0.25) is 0 Å². The highest BCUT2D eigenvalue weighted by atomic mass is 35.5. The Morgan fingerprint density at radius 3 is 2.50 bits per heavy atom. The van der Waals surface area contributed by atoms with E-state index in [0.717, 1.165) is 69.2 Å². The normalized spacial score (nSPS) is 30.8. The van der Waals surface area contributed by atoms with E-state index in [1.54, 1.807) is 0 Å². The molecule has 4 nitrogen and oxygen atoms in total. The average molecular weight is 408 g/mol. The molecule has 144 valence electrons. The molecule has 3 fully saturated rings. The van der Waals surface area contributed by atoms with Crippen LogP contribution in [0.25, 0.3) is 0 Å². The highest BCUT2D eigenvalue weighted by molar-refractivity contribution is 7.86. The molecule has 1 aromatic heterocycles. The van der Waals surface area contributed by atoms with E-state index in [0.29, 0.717) is 11.9 Å². The van der Waals surface area contributed by atoms with Gasteiger partial charge in [-0.25, -0.2) is 4.98 Å². The van der Waals surface area contributed by atoms with Crippen molar-refractivity contribution in [3.63, 3.8) is 0 Å². The summed E-state index contributed by atoms with van der Waals surface area (Å²) in [4.78, 5) is 8.46. The Morgan fingerprint density at radius 1 is 1.23 bits per heavy atom. The lowest BCUT2D eigenvalue weighted by atomic mass is 9.91. The van der Waals surface area contributed by atoms with Crippen molar-refractivity contribution < 1.29 is 17.4 Å². The van der Waals surface area contributed by atoms with Crippen LogP contribution < -0.4 is 4.90 Å². The van der Waals surface area contributed by atoms with Crippen molar-refractivity contribution in [1.29, 1.82) is 0 Å². The van der Waals surface area contributed by atoms with Crippen molar-refractivity contribution >= 4 is 28.2 Å². The largest absolute Gasteiger partial charge is 0.417 e. The van der Waals surface area contributed by atoms with Crippen molar-refractivity contribution in [2.45, 2.75) is 31.5 Å². The van der Waals surface area contributed by atoms with Crippen molar-refractivity contribution in [3.05, 3.63) is 22.8 Å². The second kappa shape index (κ2) is 6.63. The van der Waals surface area contributed by atoms with Gasteiger partial charge in [0.1, 0.15) is 5.82 Å². The predicted octanol–water partition coefficient (Wildman–Crippen LogP) is 3.18. The van der Waals surface area contributed by atoms with Gasteiger partial charge in [0.15, 0.2) is 0 Å². The third-order valence-corrected chi connectivity index (χ3v) is 7.98. The van der Waals surface area contributed by atoms with Crippen LogP contribution in [0.3, 0.4) is 0 Å². The van der Waals surface area contributed by atoms with Gasteiger partial charge in [-0.3, -0.25) is 9.11 Å². The molecule has 1 aromatic rings. The molecule has 0 radical (unpaired) electrons. The fourth-order valence-electron chi connectivity index (χ4n) is 4.42. The number of nitrogens with zero attached hydrogens (tertiary/aromatic N) is 3. The lowest BCUT2D eigenvalue weighted by Gasteiger charge is -2.40. The minimum absolute atomic E-state index is 0.0512. The molecular formula is C17H21ClF3N3OS. The fraction of sp³-hybridized carbons (Fsp3) is 0.706. The zero-order valence-corrected chi connectivity index (χ0v) is 15.8. The average Bonchev–Trinajstić information content (AvgIpc) is 2.99. The highest BCUT2D eigenvalue weighted by Gasteiger charge is 2.48. The Balaban J connectivity index is 1.36. The number of piperidine rings is 1. The number of halogens is 4. The summed E-state index contributed by atoms with van der Waals surface area (Å²) in [6.07, 6.45) is -0.561. The minimum atomic E-state index is -4.43. The topological polar surface area (TPSA) is 36.4 Å². The number of rotatable bonds is 2. The van der Waals surface area contributed by atoms with E-state index >= 15 is 0 Å². The number of alkyl halides is 3. The summed E-state index contributed by atoms with van der Waals surface area (Å²) in [5.74, 6) is 2.12. The van der Waals surface area contributed by atoms with Crippen LogP contribution in [0, 0.1) is 5.41 Å². The van der Waals surface area contributed by atoms with Gasteiger partial charge in [-0.2, -0.15) is 13.2 Å². The Hall–Kier alpha value is -0.860. The number of anilines is 1. The first-order valence-corrected chi connectivity index (χ1v) is 10.7. The Kier molecular flexibility index (Phi) is 4.72. The third-order valence-electron chi connectivity index (χ3n) is 5.83. The molecular weight excluding hydrogens is 387 g/mol. The van der Waals surface area contributed by atoms with Crippen LogP contribution in [0.1, 0.15) is 24.8 Å². The lowest BCUT2D eigenvalue weighted by Crippen LogP contribution is -2.49. The summed E-state index contributed by atoms with van der Waals surface area (Å²) in [5.41, 5.74) is -0.540. The summed E-state index contributed by atoms with van der Waals surface area (Å²) < 4.78 is 49.7. The second-order valence-electron chi connectivity index (χ2n) is 7.69. The molecule has 3 aliphatic heterocycles. The van der Waals surface area contributed by atoms with E-state index < -0.39 is 22.5 Å². The van der Waals surface area contributed by atoms with Gasteiger partial charge in [0.25, 0.3) is 0 Å². The molecule has 1 spiro atoms. The molecule has 26 heavy (non-hydrogen) atoms. The summed E-state index contributed by atoms with van der Waals surface area (Å²) in [5, 5.41) is 0.0512. The molecule has 9 heteroatoms. The maximum absolute atomic E-state index is 12.7. The smallest absolute Gasteiger partial charge is 0.355 e. The number of likely N-dealkylation sites (tertiary alicyclic amines) is 1. The summed E-state index contributed by atoms with van der Waals surface area (Å²) >= 11 is 6.07. The molecule has 0 N–H and O–H groups in total. The van der Waals surface area contributed by atoms with E-state index in [2.05, 4.69) is 9.88 Å². The lowest BCUT2D eigenvalue weighted by molar-refractivity contribution is -0.137. The van der Waals surface area contributed by atoms with Crippen LogP contribution in [0.15, 0.2) is 12.3 Å². The third kappa shape index (κ3) is 3.47. The van der Waals surface area contributed by atoms with Crippen molar-refractivity contribution in [2.75, 3.05) is 42.6 Å². The van der Waals surface area contributed by atoms with Crippen LogP contribution in [0.5, 0.6) is 0 Å². The first-order valence-electron chi connectivity index (χ1n) is 8.83. The maximum atomic E-state index is 12.7. The molecule has 0 aromatic carbocycles. The molecule has 3 aliphatic rings. The zero-order chi connectivity index (χ0) is 18.5. The van der Waals surface area contributed by atoms with Gasteiger partial charge >= 0.3 is 6.18 Å².